The first-order chi connectivity index (χ1) is 3.95. The molecule has 0 aromatic heterocycles. The number of hydrogen-bond donors (Lipinski definition) is 0. The first-order valence-electron chi connectivity index (χ1n) is 3.08. The van der Waals surface area contributed by atoms with Crippen molar-refractivity contribution in [3.8, 4) is 0 Å². The third kappa shape index (κ3) is 8.09. The van der Waals surface area contributed by atoms with Crippen molar-refractivity contribution in [2.45, 2.75) is 27.2 Å². The molecule has 1 amide bonds. The molecule has 10 heavy (non-hydrogen) atoms. The summed E-state index contributed by atoms with van der Waals surface area (Å²) in [6, 6.07) is 0. The first-order valence-corrected chi connectivity index (χ1v) is 3.08. The third-order valence-corrected chi connectivity index (χ3v) is 0.931. The van der Waals surface area contributed by atoms with Gasteiger partial charge in [-0.05, 0) is 11.8 Å². The second kappa shape index (κ2) is 4.84. The van der Waals surface area contributed by atoms with Crippen LogP contribution in [0, 0.1) is 5.41 Å². The van der Waals surface area contributed by atoms with Crippen LogP contribution in [0.25, 0.3) is 5.32 Å². The second-order valence-corrected chi connectivity index (χ2v) is 3.35. The van der Waals surface area contributed by atoms with Crippen LogP contribution in [-0.4, -0.2) is 13.0 Å². The van der Waals surface area contributed by atoms with Gasteiger partial charge in [-0.2, -0.15) is 0 Å². The Balaban J connectivity index is 0. The van der Waals surface area contributed by atoms with Crippen LogP contribution in [0.2, 0.25) is 0 Å². The molecule has 2 nitrogen and oxygen atoms in total. The molecule has 0 unspecified atom stereocenters. The van der Waals surface area contributed by atoms with Gasteiger partial charge in [0.25, 0.3) is 0 Å². The number of hydrogen-bond acceptors (Lipinski definition) is 1. The van der Waals surface area contributed by atoms with Crippen LogP contribution in [0.1, 0.15) is 27.2 Å². The van der Waals surface area contributed by atoms with Crippen LogP contribution in [0.4, 0.5) is 0 Å². The SMILES string of the molecule is C[N-]C(=O)CC(C)(C)C.[Rh]. The van der Waals surface area contributed by atoms with E-state index in [0.29, 0.717) is 6.42 Å². The molecule has 3 heteroatoms. The average Bonchev–Trinajstić information content (AvgIpc) is 1.62. The minimum atomic E-state index is -0.0116. The van der Waals surface area contributed by atoms with Crippen molar-refractivity contribution in [1.29, 1.82) is 0 Å². The zero-order valence-corrected chi connectivity index (χ0v) is 8.53. The van der Waals surface area contributed by atoms with Gasteiger partial charge in [0.1, 0.15) is 0 Å². The predicted molar refractivity (Wildman–Crippen MR) is 38.4 cm³/mol. The van der Waals surface area contributed by atoms with Crippen molar-refractivity contribution in [2.75, 3.05) is 7.05 Å². The fourth-order valence-electron chi connectivity index (χ4n) is 0.533. The Morgan fingerprint density at radius 3 is 1.90 bits per heavy atom. The van der Waals surface area contributed by atoms with Crippen LogP contribution in [0.5, 0.6) is 0 Å². The van der Waals surface area contributed by atoms with Crippen molar-refractivity contribution in [3.63, 3.8) is 0 Å². The fourth-order valence-corrected chi connectivity index (χ4v) is 0.533. The van der Waals surface area contributed by atoms with Crippen molar-refractivity contribution >= 4 is 5.91 Å². The Morgan fingerprint density at radius 1 is 1.40 bits per heavy atom. The second-order valence-electron chi connectivity index (χ2n) is 3.35. The zero-order chi connectivity index (χ0) is 7.49. The quantitative estimate of drug-likeness (QED) is 0.634. The Bertz CT molecular complexity index is 107. The van der Waals surface area contributed by atoms with E-state index in [2.05, 4.69) is 5.32 Å². The van der Waals surface area contributed by atoms with E-state index in [-0.39, 0.29) is 30.8 Å². The molecule has 0 fully saturated rings. The maximum absolute atomic E-state index is 10.7. The van der Waals surface area contributed by atoms with E-state index in [1.165, 1.54) is 7.05 Å². The fraction of sp³-hybridized carbons (Fsp3) is 0.857. The number of rotatable bonds is 1. The largest absolute Gasteiger partial charge is 0.656 e. The van der Waals surface area contributed by atoms with Crippen LogP contribution in [0.15, 0.2) is 0 Å². The Hall–Kier alpha value is 0.0934. The summed E-state index contributed by atoms with van der Waals surface area (Å²) >= 11 is 0. The Morgan fingerprint density at radius 2 is 1.80 bits per heavy atom. The molecule has 0 saturated carbocycles. The van der Waals surface area contributed by atoms with Crippen molar-refractivity contribution in [3.05, 3.63) is 5.32 Å². The average molecular weight is 231 g/mol. The van der Waals surface area contributed by atoms with Crippen molar-refractivity contribution in [2.24, 2.45) is 5.41 Å². The summed E-state index contributed by atoms with van der Waals surface area (Å²) in [5.41, 5.74) is 0.0800. The van der Waals surface area contributed by atoms with E-state index in [4.69, 9.17) is 0 Å². The van der Waals surface area contributed by atoms with Crippen molar-refractivity contribution in [1.82, 2.24) is 0 Å². The van der Waals surface area contributed by atoms with Gasteiger partial charge in [0.2, 0.25) is 0 Å². The van der Waals surface area contributed by atoms with Gasteiger partial charge in [0.05, 0.1) is 5.91 Å². The number of carbonyl (C=O) groups is 1. The van der Waals surface area contributed by atoms with Gasteiger partial charge in [-0.25, -0.2) is 0 Å². The molecule has 0 aliphatic rings. The molecular formula is C7H14NORh-. The van der Waals surface area contributed by atoms with E-state index in [9.17, 15) is 4.79 Å². The molecular weight excluding hydrogens is 217 g/mol. The summed E-state index contributed by atoms with van der Waals surface area (Å²) in [4.78, 5) is 10.7. The minimum absolute atomic E-state index is 0. The molecule has 0 rings (SSSR count). The minimum Gasteiger partial charge on any atom is -0.656 e. The molecule has 0 aromatic carbocycles. The standard InChI is InChI=1S/C7H15NO.Rh/c1-7(2,3)5-6(9)8-4;/h5H2,1-4H3,(H,8,9);/p-1. The summed E-state index contributed by atoms with van der Waals surface area (Å²) in [6.07, 6.45) is 0.545. The van der Waals surface area contributed by atoms with E-state index in [1.807, 2.05) is 20.8 Å². The molecule has 0 aliphatic heterocycles. The normalized spacial score (nSPS) is 10.0. The van der Waals surface area contributed by atoms with Crippen molar-refractivity contribution < 1.29 is 24.3 Å². The van der Waals surface area contributed by atoms with E-state index in [1.54, 1.807) is 0 Å². The van der Waals surface area contributed by atoms with Crippen LogP contribution in [0.3, 0.4) is 0 Å². The van der Waals surface area contributed by atoms with Crippen LogP contribution in [-0.2, 0) is 24.3 Å². The molecule has 0 spiro atoms. The summed E-state index contributed by atoms with van der Waals surface area (Å²) < 4.78 is 0. The van der Waals surface area contributed by atoms with Gasteiger partial charge in [0.15, 0.2) is 0 Å². The summed E-state index contributed by atoms with van der Waals surface area (Å²) in [7, 11) is 1.54. The molecule has 0 heterocycles. The number of nitrogens with zero attached hydrogens (tertiary/aromatic N) is 1. The molecule has 63 valence electrons. The summed E-state index contributed by atoms with van der Waals surface area (Å²) in [5.74, 6) is -0.0116. The van der Waals surface area contributed by atoms with Gasteiger partial charge in [-0.3, -0.25) is 0 Å². The van der Waals surface area contributed by atoms with Gasteiger partial charge < -0.3 is 10.1 Å². The maximum Gasteiger partial charge on any atom is 0.0514 e. The summed E-state index contributed by atoms with van der Waals surface area (Å²) in [6.45, 7) is 6.07. The van der Waals surface area contributed by atoms with E-state index < -0.39 is 0 Å². The Kier molecular flexibility index (Phi) is 6.17. The van der Waals surface area contributed by atoms with E-state index >= 15 is 0 Å². The molecule has 1 radical (unpaired) electrons. The van der Waals surface area contributed by atoms with Crippen LogP contribution >= 0.6 is 0 Å². The summed E-state index contributed by atoms with van der Waals surface area (Å²) in [5, 5.41) is 3.53. The molecule has 0 aromatic rings. The van der Waals surface area contributed by atoms with E-state index in [0.717, 1.165) is 0 Å². The van der Waals surface area contributed by atoms with Crippen LogP contribution < -0.4 is 0 Å². The number of carbonyl (C=O) groups excluding carboxylic acids is 1. The van der Waals surface area contributed by atoms with Gasteiger partial charge in [-0.15, -0.1) is 7.05 Å². The van der Waals surface area contributed by atoms with Gasteiger partial charge in [-0.1, -0.05) is 20.8 Å². The molecule has 0 saturated heterocycles. The predicted octanol–water partition coefficient (Wildman–Crippen LogP) is 1.95. The molecule has 0 aliphatic carbocycles. The third-order valence-electron chi connectivity index (χ3n) is 0.931. The Labute approximate surface area is 75.5 Å². The van der Waals surface area contributed by atoms with Gasteiger partial charge in [0, 0.05) is 19.5 Å². The number of amides is 1. The monoisotopic (exact) mass is 231 g/mol. The molecule has 0 N–H and O–H groups in total. The first kappa shape index (κ1) is 12.7. The topological polar surface area (TPSA) is 31.2 Å². The maximum atomic E-state index is 10.7. The zero-order valence-electron chi connectivity index (χ0n) is 6.90. The molecule has 0 bridgehead atoms. The van der Waals surface area contributed by atoms with Gasteiger partial charge >= 0.3 is 0 Å². The molecule has 0 atom stereocenters. The smallest absolute Gasteiger partial charge is 0.0514 e.